The maximum atomic E-state index is 13.0. The summed E-state index contributed by atoms with van der Waals surface area (Å²) in [5.74, 6) is 1.15. The summed E-state index contributed by atoms with van der Waals surface area (Å²) in [6, 6.07) is 15.1. The SMILES string of the molecule is Cc1ccc(C2C(=NC(C)C)N(C(C)C)/C2=N\S(=O)(=O)c2ccc(C)cc2)cc1. The van der Waals surface area contributed by atoms with Gasteiger partial charge in [-0.15, -0.1) is 4.40 Å². The highest BCUT2D eigenvalue weighted by atomic mass is 32.2. The zero-order chi connectivity index (χ0) is 21.3. The quantitative estimate of drug-likeness (QED) is 0.716. The van der Waals surface area contributed by atoms with Crippen molar-refractivity contribution < 1.29 is 8.42 Å². The molecule has 5 nitrogen and oxygen atoms in total. The topological polar surface area (TPSA) is 62.1 Å². The zero-order valence-electron chi connectivity index (χ0n) is 17.9. The van der Waals surface area contributed by atoms with Crippen molar-refractivity contribution in [1.82, 2.24) is 4.90 Å². The van der Waals surface area contributed by atoms with Gasteiger partial charge in [-0.1, -0.05) is 47.5 Å². The molecule has 0 N–H and O–H groups in total. The van der Waals surface area contributed by atoms with Gasteiger partial charge in [0.25, 0.3) is 10.0 Å². The fourth-order valence-electron chi connectivity index (χ4n) is 3.42. The highest BCUT2D eigenvalue weighted by molar-refractivity contribution is 7.90. The molecule has 1 atom stereocenters. The molecule has 6 heteroatoms. The highest BCUT2D eigenvalue weighted by Gasteiger charge is 2.45. The van der Waals surface area contributed by atoms with E-state index in [1.165, 1.54) is 0 Å². The number of rotatable bonds is 5. The van der Waals surface area contributed by atoms with Gasteiger partial charge in [0.1, 0.15) is 17.6 Å². The lowest BCUT2D eigenvalue weighted by Crippen LogP contribution is -2.59. The van der Waals surface area contributed by atoms with Crippen LogP contribution in [0.25, 0.3) is 0 Å². The molecule has 0 saturated carbocycles. The van der Waals surface area contributed by atoms with Crippen LogP contribution in [0, 0.1) is 13.8 Å². The van der Waals surface area contributed by atoms with E-state index >= 15 is 0 Å². The first kappa shape index (κ1) is 21.2. The number of aliphatic imine (C=N–C) groups is 1. The maximum absolute atomic E-state index is 13.0. The van der Waals surface area contributed by atoms with Crippen LogP contribution in [0.15, 0.2) is 62.8 Å². The second-order valence-electron chi connectivity index (χ2n) is 8.13. The van der Waals surface area contributed by atoms with Crippen molar-refractivity contribution in [3.63, 3.8) is 0 Å². The second-order valence-corrected chi connectivity index (χ2v) is 9.73. The Kier molecular flexibility index (Phi) is 5.94. The van der Waals surface area contributed by atoms with Crippen molar-refractivity contribution in [2.75, 3.05) is 0 Å². The number of likely N-dealkylation sites (tertiary alicyclic amines) is 1. The van der Waals surface area contributed by atoms with E-state index in [0.717, 1.165) is 22.5 Å². The standard InChI is InChI=1S/C23H29N3O2S/c1-15(2)24-22-21(19-11-7-17(5)8-12-19)23(26(22)16(3)4)25-29(27,28)20-13-9-18(6)10-14-20/h7-16,21H,1-6H3/b24-22?,25-23-. The summed E-state index contributed by atoms with van der Waals surface area (Å²) in [6.45, 7) is 12.1. The van der Waals surface area contributed by atoms with Gasteiger partial charge in [-0.3, -0.25) is 4.99 Å². The van der Waals surface area contributed by atoms with Gasteiger partial charge in [0.2, 0.25) is 0 Å². The molecule has 3 rings (SSSR count). The van der Waals surface area contributed by atoms with E-state index in [-0.39, 0.29) is 22.9 Å². The van der Waals surface area contributed by atoms with Crippen molar-refractivity contribution in [1.29, 1.82) is 0 Å². The second kappa shape index (κ2) is 8.11. The molecule has 1 saturated heterocycles. The van der Waals surface area contributed by atoms with Gasteiger partial charge in [0, 0.05) is 12.1 Å². The third-order valence-corrected chi connectivity index (χ3v) is 6.16. The average Bonchev–Trinajstić information content (AvgIpc) is 2.62. The molecule has 29 heavy (non-hydrogen) atoms. The molecular weight excluding hydrogens is 382 g/mol. The number of aryl methyl sites for hydroxylation is 2. The minimum absolute atomic E-state index is 0.0566. The molecule has 2 aromatic rings. The minimum atomic E-state index is -3.81. The average molecular weight is 412 g/mol. The summed E-state index contributed by atoms with van der Waals surface area (Å²) >= 11 is 0. The van der Waals surface area contributed by atoms with Crippen LogP contribution in [0.5, 0.6) is 0 Å². The van der Waals surface area contributed by atoms with E-state index in [0.29, 0.717) is 5.84 Å². The molecule has 1 unspecified atom stereocenters. The van der Waals surface area contributed by atoms with Gasteiger partial charge in [-0.05, 0) is 59.2 Å². The Morgan fingerprint density at radius 1 is 0.828 bits per heavy atom. The molecule has 1 aliphatic rings. The van der Waals surface area contributed by atoms with Crippen LogP contribution in [-0.2, 0) is 10.0 Å². The molecule has 1 aliphatic heterocycles. The van der Waals surface area contributed by atoms with E-state index in [4.69, 9.17) is 4.99 Å². The largest absolute Gasteiger partial charge is 0.313 e. The van der Waals surface area contributed by atoms with Crippen LogP contribution in [-0.4, -0.2) is 37.1 Å². The van der Waals surface area contributed by atoms with E-state index < -0.39 is 10.0 Å². The lowest BCUT2D eigenvalue weighted by atomic mass is 9.86. The Hall–Kier alpha value is -2.47. The first-order chi connectivity index (χ1) is 13.6. The maximum Gasteiger partial charge on any atom is 0.283 e. The molecule has 154 valence electrons. The van der Waals surface area contributed by atoms with Gasteiger partial charge in [-0.25, -0.2) is 0 Å². The Balaban J connectivity index is 2.12. The molecule has 0 bridgehead atoms. The number of benzene rings is 2. The first-order valence-corrected chi connectivity index (χ1v) is 11.4. The van der Waals surface area contributed by atoms with Gasteiger partial charge in [0.05, 0.1) is 4.90 Å². The lowest BCUT2D eigenvalue weighted by Gasteiger charge is -2.46. The summed E-state index contributed by atoms with van der Waals surface area (Å²) in [6.07, 6.45) is 0. The molecule has 0 amide bonds. The van der Waals surface area contributed by atoms with Gasteiger partial charge < -0.3 is 4.90 Å². The summed E-state index contributed by atoms with van der Waals surface area (Å²) in [7, 11) is -3.81. The Morgan fingerprint density at radius 3 is 1.83 bits per heavy atom. The molecule has 0 aromatic heterocycles. The summed E-state index contributed by atoms with van der Waals surface area (Å²) in [4.78, 5) is 6.94. The van der Waals surface area contributed by atoms with Crippen LogP contribution in [0.1, 0.15) is 50.3 Å². The van der Waals surface area contributed by atoms with Crippen molar-refractivity contribution in [2.45, 2.75) is 64.4 Å². The Morgan fingerprint density at radius 2 is 1.34 bits per heavy atom. The highest BCUT2D eigenvalue weighted by Crippen LogP contribution is 2.36. The molecule has 2 aromatic carbocycles. The predicted molar refractivity (Wildman–Crippen MR) is 119 cm³/mol. The molecule has 1 fully saturated rings. The molecular formula is C23H29N3O2S. The third-order valence-electron chi connectivity index (χ3n) is 4.86. The van der Waals surface area contributed by atoms with Crippen LogP contribution in [0.4, 0.5) is 0 Å². The predicted octanol–water partition coefficient (Wildman–Crippen LogP) is 4.71. The van der Waals surface area contributed by atoms with Crippen LogP contribution in [0.3, 0.4) is 0 Å². The smallest absolute Gasteiger partial charge is 0.283 e. The number of hydrogen-bond acceptors (Lipinski definition) is 3. The van der Waals surface area contributed by atoms with E-state index in [1.807, 2.05) is 70.7 Å². The van der Waals surface area contributed by atoms with Crippen LogP contribution >= 0.6 is 0 Å². The number of sulfonamides is 1. The molecule has 1 heterocycles. The van der Waals surface area contributed by atoms with Crippen LogP contribution in [0.2, 0.25) is 0 Å². The number of amidine groups is 2. The first-order valence-electron chi connectivity index (χ1n) is 9.95. The number of hydrogen-bond donors (Lipinski definition) is 0. The van der Waals surface area contributed by atoms with Gasteiger partial charge in [0.15, 0.2) is 0 Å². The molecule has 0 radical (unpaired) electrons. The summed E-state index contributed by atoms with van der Waals surface area (Å²) in [5.41, 5.74) is 3.17. The fourth-order valence-corrected chi connectivity index (χ4v) is 4.44. The normalized spacial score (nSPS) is 20.0. The minimum Gasteiger partial charge on any atom is -0.313 e. The molecule has 0 spiro atoms. The Bertz CT molecular complexity index is 1030. The van der Waals surface area contributed by atoms with Crippen LogP contribution < -0.4 is 0 Å². The zero-order valence-corrected chi connectivity index (χ0v) is 18.7. The fraction of sp³-hybridized carbons (Fsp3) is 0.391. The lowest BCUT2D eigenvalue weighted by molar-refractivity contribution is 0.438. The third kappa shape index (κ3) is 4.42. The van der Waals surface area contributed by atoms with Crippen molar-refractivity contribution in [2.24, 2.45) is 9.39 Å². The van der Waals surface area contributed by atoms with Crippen molar-refractivity contribution >= 4 is 21.7 Å². The van der Waals surface area contributed by atoms with Crippen molar-refractivity contribution in [3.8, 4) is 0 Å². The van der Waals surface area contributed by atoms with E-state index in [9.17, 15) is 8.42 Å². The summed E-state index contributed by atoms with van der Waals surface area (Å²) < 4.78 is 30.3. The van der Waals surface area contributed by atoms with Crippen molar-refractivity contribution in [3.05, 3.63) is 65.2 Å². The van der Waals surface area contributed by atoms with E-state index in [2.05, 4.69) is 4.40 Å². The summed E-state index contributed by atoms with van der Waals surface area (Å²) in [5, 5.41) is 0. The van der Waals surface area contributed by atoms with Gasteiger partial charge in [-0.2, -0.15) is 8.42 Å². The monoisotopic (exact) mass is 411 g/mol. The Labute approximate surface area is 174 Å². The van der Waals surface area contributed by atoms with E-state index in [1.54, 1.807) is 24.3 Å². The van der Waals surface area contributed by atoms with Gasteiger partial charge >= 0.3 is 0 Å². The number of nitrogens with zero attached hydrogens (tertiary/aromatic N) is 3. The molecule has 0 aliphatic carbocycles.